The van der Waals surface area contributed by atoms with Gasteiger partial charge in [-0.05, 0) is 129 Å². The highest BCUT2D eigenvalue weighted by atomic mass is 127. The Morgan fingerprint density at radius 2 is 0.424 bits per heavy atom. The van der Waals surface area contributed by atoms with Crippen LogP contribution in [0.3, 0.4) is 0 Å². The van der Waals surface area contributed by atoms with Gasteiger partial charge in [0.15, 0.2) is 0 Å². The Morgan fingerprint density at radius 3 is 0.630 bits per heavy atom. The van der Waals surface area contributed by atoms with Gasteiger partial charge in [-0.2, -0.15) is 17.5 Å². The SMILES string of the molecule is CCCCCCCCCCCCCCCCC1(CCCCCCCCCCCCCCCC)c2cc3c(cc2-c2c1cc(I)c1nsnc21)C(CCCCCCCCCCCCCCCC)(CCCCCCCCCCCCCCCC)c1cc(I)c2nsnc2c1-3. The fraction of sp³-hybridized carbons (Fsp3) is 0.786. The molecule has 4 nitrogen and oxygen atoms in total. The first-order chi connectivity index (χ1) is 45.5. The van der Waals surface area contributed by atoms with E-state index in [4.69, 9.17) is 17.5 Å². The van der Waals surface area contributed by atoms with Crippen LogP contribution in [0.15, 0.2) is 24.3 Å². The zero-order valence-corrected chi connectivity index (χ0v) is 66.0. The highest BCUT2D eigenvalue weighted by Gasteiger charge is 2.50. The van der Waals surface area contributed by atoms with E-state index in [1.54, 1.807) is 22.3 Å². The number of fused-ring (bicyclic) bond motifs is 10. The normalized spacial score (nSPS) is 13.7. The van der Waals surface area contributed by atoms with Gasteiger partial charge in [0.05, 0.1) is 23.5 Å². The second-order valence-electron chi connectivity index (χ2n) is 30.0. The molecule has 2 aliphatic carbocycles. The van der Waals surface area contributed by atoms with Crippen molar-refractivity contribution in [2.75, 3.05) is 0 Å². The molecule has 8 heteroatoms. The third kappa shape index (κ3) is 24.6. The Hall–Kier alpha value is -1.24. The van der Waals surface area contributed by atoms with Crippen LogP contribution in [0.5, 0.6) is 0 Å². The van der Waals surface area contributed by atoms with Crippen molar-refractivity contribution >= 4 is 90.7 Å². The summed E-state index contributed by atoms with van der Waals surface area (Å²) in [5.41, 5.74) is 16.7. The van der Waals surface area contributed by atoms with Gasteiger partial charge in [-0.1, -0.05) is 387 Å². The number of halogens is 2. The summed E-state index contributed by atoms with van der Waals surface area (Å²) in [4.78, 5) is 0. The number of benzene rings is 3. The zero-order valence-electron chi connectivity index (χ0n) is 60.1. The first-order valence-corrected chi connectivity index (χ1v) is 44.2. The monoisotopic (exact) mass is 1520 g/mol. The van der Waals surface area contributed by atoms with Crippen molar-refractivity contribution < 1.29 is 0 Å². The van der Waals surface area contributed by atoms with E-state index in [9.17, 15) is 0 Å². The molecule has 0 bridgehead atoms. The van der Waals surface area contributed by atoms with Crippen molar-refractivity contribution in [3.63, 3.8) is 0 Å². The molecule has 5 aromatic rings. The molecule has 0 saturated carbocycles. The Balaban J connectivity index is 1.14. The van der Waals surface area contributed by atoms with Crippen molar-refractivity contribution in [2.24, 2.45) is 0 Å². The van der Waals surface area contributed by atoms with Gasteiger partial charge in [0.1, 0.15) is 22.1 Å². The van der Waals surface area contributed by atoms with Crippen molar-refractivity contribution in [1.82, 2.24) is 17.5 Å². The molecule has 0 saturated heterocycles. The number of unbranched alkanes of at least 4 members (excludes halogenated alkanes) is 52. The number of hydrogen-bond acceptors (Lipinski definition) is 6. The first-order valence-electron chi connectivity index (χ1n) is 40.6. The fourth-order valence-electron chi connectivity index (χ4n) is 17.0. The lowest BCUT2D eigenvalue weighted by Crippen LogP contribution is -2.27. The highest BCUT2D eigenvalue weighted by Crippen LogP contribution is 2.63. The van der Waals surface area contributed by atoms with E-state index in [0.29, 0.717) is 0 Å². The van der Waals surface area contributed by atoms with Gasteiger partial charge in [0.25, 0.3) is 0 Å². The molecular formula is C84H136I2N4S2. The van der Waals surface area contributed by atoms with E-state index in [-0.39, 0.29) is 10.8 Å². The molecule has 0 fully saturated rings. The lowest BCUT2D eigenvalue weighted by molar-refractivity contribution is 0.393. The lowest BCUT2D eigenvalue weighted by atomic mass is 9.68. The second kappa shape index (κ2) is 46.9. The molecule has 0 spiro atoms. The quantitative estimate of drug-likeness (QED) is 0.0288. The average molecular weight is 1520 g/mol. The maximum atomic E-state index is 5.32. The van der Waals surface area contributed by atoms with E-state index >= 15 is 0 Å². The minimum Gasteiger partial charge on any atom is -0.172 e. The Morgan fingerprint density at radius 1 is 0.239 bits per heavy atom. The third-order valence-corrected chi connectivity index (χ3v) is 25.3. The van der Waals surface area contributed by atoms with Crippen molar-refractivity contribution in [1.29, 1.82) is 0 Å². The van der Waals surface area contributed by atoms with Crippen LogP contribution in [0.1, 0.15) is 435 Å². The van der Waals surface area contributed by atoms with E-state index in [1.165, 1.54) is 449 Å². The summed E-state index contributed by atoms with van der Waals surface area (Å²) in [5.74, 6) is 0. The van der Waals surface area contributed by atoms with Crippen molar-refractivity contribution in [3.05, 3.63) is 53.7 Å². The number of hydrogen-bond donors (Lipinski definition) is 0. The molecule has 2 aromatic heterocycles. The smallest absolute Gasteiger partial charge is 0.118 e. The fourth-order valence-corrected chi connectivity index (χ4v) is 19.9. The van der Waals surface area contributed by atoms with Gasteiger partial charge in [-0.25, -0.2) is 0 Å². The van der Waals surface area contributed by atoms with Gasteiger partial charge in [0, 0.05) is 29.1 Å². The second-order valence-corrected chi connectivity index (χ2v) is 33.4. The summed E-state index contributed by atoms with van der Waals surface area (Å²) < 4.78 is 23.4. The van der Waals surface area contributed by atoms with E-state index in [0.717, 1.165) is 11.0 Å². The molecule has 2 heterocycles. The summed E-state index contributed by atoms with van der Waals surface area (Å²) in [6.07, 6.45) is 83.2. The van der Waals surface area contributed by atoms with Crippen LogP contribution in [0.2, 0.25) is 0 Å². The van der Waals surface area contributed by atoms with Crippen LogP contribution >= 0.6 is 68.6 Å². The zero-order chi connectivity index (χ0) is 64.6. The number of rotatable bonds is 60. The molecule has 0 atom stereocenters. The summed E-state index contributed by atoms with van der Waals surface area (Å²) >= 11 is 8.15. The first kappa shape index (κ1) is 78.1. The maximum Gasteiger partial charge on any atom is 0.118 e. The summed E-state index contributed by atoms with van der Waals surface area (Å²) in [6.45, 7) is 9.32. The molecule has 2 aliphatic rings. The molecule has 0 unspecified atom stereocenters. The molecule has 7 rings (SSSR count). The topological polar surface area (TPSA) is 51.6 Å². The summed E-state index contributed by atoms with van der Waals surface area (Å²) in [5, 5.41) is 0. The molecular weight excluding hydrogens is 1380 g/mol. The number of nitrogens with zero attached hydrogens (tertiary/aromatic N) is 4. The Kier molecular flexibility index (Phi) is 39.8. The van der Waals surface area contributed by atoms with Crippen LogP contribution in [-0.4, -0.2) is 17.5 Å². The minimum absolute atomic E-state index is 0.0526. The van der Waals surface area contributed by atoms with Gasteiger partial charge >= 0.3 is 0 Å². The molecule has 3 aromatic carbocycles. The van der Waals surface area contributed by atoms with Crippen LogP contribution < -0.4 is 0 Å². The Bertz CT molecular complexity index is 2480. The van der Waals surface area contributed by atoms with Gasteiger partial charge in [-0.15, -0.1) is 0 Å². The highest BCUT2D eigenvalue weighted by molar-refractivity contribution is 14.1. The predicted octanol–water partition coefficient (Wildman–Crippen LogP) is 30.9. The van der Waals surface area contributed by atoms with Crippen LogP contribution in [0.25, 0.3) is 44.3 Å². The van der Waals surface area contributed by atoms with Gasteiger partial charge in [0.2, 0.25) is 0 Å². The van der Waals surface area contributed by atoms with Crippen LogP contribution in [0.4, 0.5) is 0 Å². The molecule has 0 radical (unpaired) electrons. The predicted molar refractivity (Wildman–Crippen MR) is 426 cm³/mol. The molecule has 0 aliphatic heterocycles. The number of aromatic nitrogens is 4. The Labute approximate surface area is 602 Å². The van der Waals surface area contributed by atoms with Crippen LogP contribution in [-0.2, 0) is 10.8 Å². The van der Waals surface area contributed by atoms with E-state index in [2.05, 4.69) is 97.1 Å². The van der Waals surface area contributed by atoms with Gasteiger partial charge < -0.3 is 0 Å². The summed E-state index contributed by atoms with van der Waals surface area (Å²) in [6, 6.07) is 10.9. The molecule has 518 valence electrons. The standard InChI is InChI=1S/C84H136I2N4S2/c1-5-9-13-17-21-25-29-33-37-41-45-49-53-57-61-83(62-58-54-50-46-42-38-34-30-26-22-18-14-10-6-2)71-65-70-72(66-69(71)77-73(83)67-75(85)79-81(77)89-91-87-79)84(74-68-76(86)80-82(78(70)74)90-92-88-80,63-59-55-51-47-43-39-35-31-27-23-19-15-11-7-3)64-60-56-52-48-44-40-36-32-28-24-20-16-12-8-4/h65-68H,5-64H2,1-4H3. The van der Waals surface area contributed by atoms with E-state index < -0.39 is 0 Å². The van der Waals surface area contributed by atoms with Crippen molar-refractivity contribution in [2.45, 2.75) is 424 Å². The lowest BCUT2D eigenvalue weighted by Gasteiger charge is -2.35. The largest absolute Gasteiger partial charge is 0.172 e. The molecule has 0 N–H and O–H groups in total. The molecule has 0 amide bonds. The average Bonchev–Trinajstić information content (AvgIpc) is 1.52. The van der Waals surface area contributed by atoms with Gasteiger partial charge in [-0.3, -0.25) is 0 Å². The van der Waals surface area contributed by atoms with Crippen molar-refractivity contribution in [3.8, 4) is 22.3 Å². The third-order valence-electron chi connectivity index (χ3n) is 22.6. The maximum absolute atomic E-state index is 5.32. The summed E-state index contributed by atoms with van der Waals surface area (Å²) in [7, 11) is 0. The van der Waals surface area contributed by atoms with E-state index in [1.807, 2.05) is 0 Å². The van der Waals surface area contributed by atoms with Crippen LogP contribution in [0, 0.1) is 7.14 Å². The molecule has 92 heavy (non-hydrogen) atoms. The minimum atomic E-state index is -0.0526.